The molecule has 0 saturated heterocycles. The van der Waals surface area contributed by atoms with Gasteiger partial charge in [0.15, 0.2) is 5.65 Å². The van der Waals surface area contributed by atoms with Crippen molar-refractivity contribution in [2.45, 2.75) is 51.2 Å². The van der Waals surface area contributed by atoms with Gasteiger partial charge in [0.1, 0.15) is 22.6 Å². The largest absolute Gasteiger partial charge is 0.439 e. The van der Waals surface area contributed by atoms with Crippen molar-refractivity contribution in [1.82, 2.24) is 34.6 Å². The number of H-pyrrole nitrogens is 1. The fourth-order valence-electron chi connectivity index (χ4n) is 4.90. The second-order valence-corrected chi connectivity index (χ2v) is 9.93. The van der Waals surface area contributed by atoms with Crippen molar-refractivity contribution in [3.63, 3.8) is 0 Å². The van der Waals surface area contributed by atoms with E-state index < -0.39 is 11.4 Å². The molecule has 0 aliphatic heterocycles. The highest BCUT2D eigenvalue weighted by atomic mass is 35.5. The summed E-state index contributed by atoms with van der Waals surface area (Å²) in [5, 5.41) is 4.25. The fourth-order valence-corrected chi connectivity index (χ4v) is 5.07. The minimum absolute atomic E-state index is 0.104. The molecule has 0 spiro atoms. The lowest BCUT2D eigenvalue weighted by Crippen LogP contribution is -2.35. The van der Waals surface area contributed by atoms with Crippen LogP contribution in [0.1, 0.15) is 51.4 Å². The van der Waals surface area contributed by atoms with E-state index in [1.54, 1.807) is 32.7 Å². The molecule has 1 N–H and O–H groups in total. The van der Waals surface area contributed by atoms with E-state index in [1.807, 2.05) is 6.92 Å². The molecule has 1 unspecified atom stereocenters. The lowest BCUT2D eigenvalue weighted by Gasteiger charge is -2.33. The van der Waals surface area contributed by atoms with Crippen molar-refractivity contribution in [3.05, 3.63) is 39.9 Å². The second kappa shape index (κ2) is 9.72. The normalized spacial score (nSPS) is 20.0. The van der Waals surface area contributed by atoms with E-state index in [0.29, 0.717) is 40.3 Å². The van der Waals surface area contributed by atoms with Crippen molar-refractivity contribution in [2.24, 2.45) is 5.92 Å². The van der Waals surface area contributed by atoms with Crippen LogP contribution in [0.3, 0.4) is 0 Å². The Kier molecular flexibility index (Phi) is 6.62. The van der Waals surface area contributed by atoms with E-state index in [2.05, 4.69) is 31.6 Å². The van der Waals surface area contributed by atoms with Crippen molar-refractivity contribution in [2.75, 3.05) is 20.8 Å². The number of aromatic nitrogens is 7. The molecule has 1 aliphatic rings. The molecule has 0 bridgehead atoms. The van der Waals surface area contributed by atoms with Crippen LogP contribution in [0.4, 0.5) is 0 Å². The lowest BCUT2D eigenvalue weighted by atomic mass is 9.87. The number of rotatable bonds is 7. The van der Waals surface area contributed by atoms with Crippen LogP contribution >= 0.6 is 11.6 Å². The summed E-state index contributed by atoms with van der Waals surface area (Å²) in [6, 6.07) is 1.95. The summed E-state index contributed by atoms with van der Waals surface area (Å²) in [5.41, 5.74) is 1.59. The molecule has 1 saturated carbocycles. The number of hydrogen-bond donors (Lipinski definition) is 1. The maximum absolute atomic E-state index is 11.6. The zero-order valence-corrected chi connectivity index (χ0v) is 21.4. The average Bonchev–Trinajstić information content (AvgIpc) is 3.48. The fraction of sp³-hybridized carbons (Fsp3) is 0.500. The predicted molar refractivity (Wildman–Crippen MR) is 133 cm³/mol. The van der Waals surface area contributed by atoms with Gasteiger partial charge in [-0.1, -0.05) is 23.7 Å². The first-order valence-corrected chi connectivity index (χ1v) is 12.2. The first-order valence-electron chi connectivity index (χ1n) is 11.8. The second-order valence-electron chi connectivity index (χ2n) is 9.49. The lowest BCUT2D eigenvalue weighted by molar-refractivity contribution is -0.0644. The smallest absolute Gasteiger partial charge is 0.381 e. The number of hydrogen-bond acceptors (Lipinski definition) is 9. The van der Waals surface area contributed by atoms with Crippen molar-refractivity contribution in [1.29, 1.82) is 0 Å². The first kappa shape index (κ1) is 24.5. The highest BCUT2D eigenvalue weighted by Gasteiger charge is 2.37. The van der Waals surface area contributed by atoms with Gasteiger partial charge < -0.3 is 14.0 Å². The summed E-state index contributed by atoms with van der Waals surface area (Å²) >= 11 is 6.31. The summed E-state index contributed by atoms with van der Waals surface area (Å²) in [5.74, 6) is 0.928. The monoisotopic (exact) mass is 513 g/mol. The quantitative estimate of drug-likeness (QED) is 0.386. The van der Waals surface area contributed by atoms with Gasteiger partial charge in [-0.3, -0.25) is 14.5 Å². The minimum atomic E-state index is -0.843. The number of methoxy groups -OCH3 is 2. The van der Waals surface area contributed by atoms with Gasteiger partial charge in [-0.15, -0.1) is 0 Å². The molecule has 36 heavy (non-hydrogen) atoms. The summed E-state index contributed by atoms with van der Waals surface area (Å²) < 4.78 is 18.4. The number of fused-ring (bicyclic) bond motifs is 1. The maximum Gasteiger partial charge on any atom is 0.439 e. The van der Waals surface area contributed by atoms with E-state index in [0.717, 1.165) is 31.2 Å². The first-order chi connectivity index (χ1) is 17.3. The van der Waals surface area contributed by atoms with Gasteiger partial charge in [-0.05, 0) is 44.6 Å². The van der Waals surface area contributed by atoms with Gasteiger partial charge in [-0.2, -0.15) is 0 Å². The molecule has 0 radical (unpaired) electrons. The number of nitrogens with zero attached hydrogens (tertiary/aromatic N) is 6. The molecule has 5 rings (SSSR count). The van der Waals surface area contributed by atoms with Crippen LogP contribution in [0.5, 0.6) is 0 Å². The van der Waals surface area contributed by atoms with E-state index >= 15 is 0 Å². The Bertz CT molecular complexity index is 1440. The molecule has 4 aromatic rings. The standard InChI is InChI=1S/C24H28ClN7O4/c1-13-5-7-16(8-6-13)32-18-17(14-9-15(25)11-26-10-14)27-20(21-30-23(33)36-31-21)28-19(18)29-22(32)24(2,35-4)12-34-3/h9-11,13,16H,5-8,12H2,1-4H3,(H,30,31,33)/t13-,16-,24?. The molecule has 1 atom stereocenters. The van der Waals surface area contributed by atoms with Gasteiger partial charge in [0.05, 0.1) is 11.6 Å². The third-order valence-electron chi connectivity index (χ3n) is 6.87. The summed E-state index contributed by atoms with van der Waals surface area (Å²) in [6.45, 7) is 4.52. The minimum Gasteiger partial charge on any atom is -0.381 e. The van der Waals surface area contributed by atoms with Gasteiger partial charge in [0.2, 0.25) is 11.6 Å². The average molecular weight is 514 g/mol. The Morgan fingerprint density at radius 1 is 1.19 bits per heavy atom. The van der Waals surface area contributed by atoms with Crippen LogP contribution < -0.4 is 5.76 Å². The molecule has 11 nitrogen and oxygen atoms in total. The zero-order chi connectivity index (χ0) is 25.4. The summed E-state index contributed by atoms with van der Waals surface area (Å²) in [4.78, 5) is 32.9. The maximum atomic E-state index is 11.6. The number of pyridine rings is 1. The molecular weight excluding hydrogens is 486 g/mol. The van der Waals surface area contributed by atoms with E-state index in [4.69, 9.17) is 35.6 Å². The highest BCUT2D eigenvalue weighted by molar-refractivity contribution is 6.30. The third-order valence-corrected chi connectivity index (χ3v) is 7.08. The Hall–Kier alpha value is -3.15. The Morgan fingerprint density at radius 2 is 1.97 bits per heavy atom. The van der Waals surface area contributed by atoms with E-state index in [1.165, 1.54) is 0 Å². The number of aromatic amines is 1. The molecule has 190 valence electrons. The molecule has 4 aromatic heterocycles. The Morgan fingerprint density at radius 3 is 2.61 bits per heavy atom. The van der Waals surface area contributed by atoms with Crippen LogP contribution in [-0.2, 0) is 15.1 Å². The molecule has 1 fully saturated rings. The third kappa shape index (κ3) is 4.42. The van der Waals surface area contributed by atoms with Crippen LogP contribution in [0.25, 0.3) is 34.1 Å². The SMILES string of the molecule is COCC(C)(OC)c1nc2nc(-c3noc(=O)[nH]3)nc(-c3cncc(Cl)c3)c2n1[C@H]1CC[C@H](C)CC1. The van der Waals surface area contributed by atoms with E-state index in [9.17, 15) is 4.79 Å². The molecule has 0 amide bonds. The number of halogens is 1. The van der Waals surface area contributed by atoms with Gasteiger partial charge in [0.25, 0.3) is 0 Å². The summed E-state index contributed by atoms with van der Waals surface area (Å²) in [6.07, 6.45) is 7.42. The number of nitrogens with one attached hydrogen (secondary N) is 1. The van der Waals surface area contributed by atoms with Gasteiger partial charge in [-0.25, -0.2) is 19.7 Å². The van der Waals surface area contributed by atoms with E-state index in [-0.39, 0.29) is 17.7 Å². The van der Waals surface area contributed by atoms with Crippen molar-refractivity contribution < 1.29 is 14.0 Å². The Balaban J connectivity index is 1.84. The number of imidazole rings is 1. The summed E-state index contributed by atoms with van der Waals surface area (Å²) in [7, 11) is 3.28. The molecular formula is C24H28ClN7O4. The highest BCUT2D eigenvalue weighted by Crippen LogP contribution is 2.41. The molecule has 4 heterocycles. The van der Waals surface area contributed by atoms with Crippen LogP contribution in [-0.4, -0.2) is 55.5 Å². The van der Waals surface area contributed by atoms with Crippen molar-refractivity contribution in [3.8, 4) is 22.9 Å². The van der Waals surface area contributed by atoms with Gasteiger partial charge >= 0.3 is 5.76 Å². The van der Waals surface area contributed by atoms with Crippen molar-refractivity contribution >= 4 is 22.8 Å². The van der Waals surface area contributed by atoms with Gasteiger partial charge in [0, 0.05) is 38.2 Å². The molecule has 12 heteroatoms. The predicted octanol–water partition coefficient (Wildman–Crippen LogP) is 4.14. The topological polar surface area (TPSA) is 134 Å². The van der Waals surface area contributed by atoms with Crippen LogP contribution in [0.15, 0.2) is 27.8 Å². The number of ether oxygens (including phenoxy) is 2. The Labute approximate surface area is 212 Å². The molecule has 0 aromatic carbocycles. The van der Waals surface area contributed by atoms with Crippen LogP contribution in [0, 0.1) is 5.92 Å². The zero-order valence-electron chi connectivity index (χ0n) is 20.6. The van der Waals surface area contributed by atoms with Crippen LogP contribution in [0.2, 0.25) is 5.02 Å². The molecule has 1 aliphatic carbocycles.